The van der Waals surface area contributed by atoms with Gasteiger partial charge >= 0.3 is 6.01 Å². The van der Waals surface area contributed by atoms with E-state index in [9.17, 15) is 0 Å². The molecule has 1 aliphatic rings. The molecule has 2 rings (SSSR count). The van der Waals surface area contributed by atoms with E-state index >= 15 is 0 Å². The quantitative estimate of drug-likeness (QED) is 0.755. The van der Waals surface area contributed by atoms with E-state index < -0.39 is 0 Å². The smallest absolute Gasteiger partial charge is 0.318 e. The third kappa shape index (κ3) is 1.97. The van der Waals surface area contributed by atoms with Gasteiger partial charge in [-0.3, -0.25) is 0 Å². The molecule has 84 valence electrons. The van der Waals surface area contributed by atoms with Crippen molar-refractivity contribution in [2.75, 3.05) is 12.8 Å². The number of nitrogen functional groups attached to an aromatic ring is 1. The van der Waals surface area contributed by atoms with E-state index in [-0.39, 0.29) is 11.6 Å². The number of ether oxygens (including phenoxy) is 1. The zero-order valence-corrected chi connectivity index (χ0v) is 9.03. The van der Waals surface area contributed by atoms with Crippen LogP contribution in [0.15, 0.2) is 4.52 Å². The van der Waals surface area contributed by atoms with Gasteiger partial charge in [-0.05, 0) is 12.8 Å². The van der Waals surface area contributed by atoms with Gasteiger partial charge in [0.05, 0.1) is 0 Å². The number of rotatable bonds is 2. The normalized spacial score (nSPS) is 21.1. The van der Waals surface area contributed by atoms with Gasteiger partial charge in [0.2, 0.25) is 5.82 Å². The number of hydrogen-bond acceptors (Lipinski definition) is 5. The highest BCUT2D eigenvalue weighted by Crippen LogP contribution is 2.37. The molecule has 5 heteroatoms. The lowest BCUT2D eigenvalue weighted by Gasteiger charge is -2.27. The van der Waals surface area contributed by atoms with Crippen LogP contribution in [-0.2, 0) is 10.3 Å². The minimum atomic E-state index is -0.377. The summed E-state index contributed by atoms with van der Waals surface area (Å²) in [5.41, 5.74) is 5.06. The van der Waals surface area contributed by atoms with Gasteiger partial charge < -0.3 is 15.0 Å². The molecule has 1 aliphatic carbocycles. The maximum Gasteiger partial charge on any atom is 0.318 e. The predicted molar refractivity (Wildman–Crippen MR) is 55.1 cm³/mol. The van der Waals surface area contributed by atoms with Crippen LogP contribution < -0.4 is 5.73 Å². The van der Waals surface area contributed by atoms with Crippen LogP contribution in [0.4, 0.5) is 6.01 Å². The van der Waals surface area contributed by atoms with Crippen molar-refractivity contribution in [2.45, 2.75) is 44.1 Å². The lowest BCUT2D eigenvalue weighted by molar-refractivity contribution is -0.0365. The van der Waals surface area contributed by atoms with E-state index in [4.69, 9.17) is 15.0 Å². The summed E-state index contributed by atoms with van der Waals surface area (Å²) in [4.78, 5) is 4.09. The fourth-order valence-corrected chi connectivity index (χ4v) is 2.24. The van der Waals surface area contributed by atoms with Crippen LogP contribution in [0.2, 0.25) is 0 Å². The molecular weight excluding hydrogens is 194 g/mol. The molecule has 1 aromatic heterocycles. The Balaban J connectivity index is 2.26. The summed E-state index contributed by atoms with van der Waals surface area (Å²) in [5.74, 6) is 0.601. The maximum absolute atomic E-state index is 5.62. The molecule has 0 bridgehead atoms. The van der Waals surface area contributed by atoms with E-state index in [1.807, 2.05) is 0 Å². The second kappa shape index (κ2) is 4.18. The van der Waals surface area contributed by atoms with Gasteiger partial charge in [-0.2, -0.15) is 4.98 Å². The fourth-order valence-electron chi connectivity index (χ4n) is 2.24. The Morgan fingerprint density at radius 3 is 2.40 bits per heavy atom. The van der Waals surface area contributed by atoms with E-state index in [1.54, 1.807) is 7.11 Å². The second-order valence-corrected chi connectivity index (χ2v) is 4.07. The van der Waals surface area contributed by atoms with Crippen molar-refractivity contribution < 1.29 is 9.26 Å². The molecule has 15 heavy (non-hydrogen) atoms. The monoisotopic (exact) mass is 211 g/mol. The zero-order valence-electron chi connectivity index (χ0n) is 9.03. The summed E-state index contributed by atoms with van der Waals surface area (Å²) in [5, 5.41) is 3.89. The summed E-state index contributed by atoms with van der Waals surface area (Å²) in [6.45, 7) is 0. The number of hydrogen-bond donors (Lipinski definition) is 1. The van der Waals surface area contributed by atoms with Crippen LogP contribution >= 0.6 is 0 Å². The van der Waals surface area contributed by atoms with Gasteiger partial charge in [0.25, 0.3) is 0 Å². The van der Waals surface area contributed by atoms with Crippen molar-refractivity contribution in [3.63, 3.8) is 0 Å². The SMILES string of the molecule is COC1(c2noc(N)n2)CCCCCC1. The summed E-state index contributed by atoms with van der Waals surface area (Å²) in [7, 11) is 1.71. The Kier molecular flexibility index (Phi) is 2.90. The summed E-state index contributed by atoms with van der Waals surface area (Å²) in [6, 6.07) is 0.116. The highest BCUT2D eigenvalue weighted by molar-refractivity contribution is 5.12. The van der Waals surface area contributed by atoms with Crippen LogP contribution in [0.3, 0.4) is 0 Å². The molecule has 0 spiro atoms. The third-order valence-corrected chi connectivity index (χ3v) is 3.15. The first-order valence-electron chi connectivity index (χ1n) is 5.42. The van der Waals surface area contributed by atoms with Crippen LogP contribution in [0, 0.1) is 0 Å². The maximum atomic E-state index is 5.62. The minimum Gasteiger partial charge on any atom is -0.370 e. The van der Waals surface area contributed by atoms with Gasteiger partial charge in [-0.1, -0.05) is 30.8 Å². The molecule has 0 amide bonds. The number of nitrogens with zero attached hydrogens (tertiary/aromatic N) is 2. The lowest BCUT2D eigenvalue weighted by atomic mass is 9.93. The molecule has 0 unspecified atom stereocenters. The summed E-state index contributed by atoms with van der Waals surface area (Å²) < 4.78 is 10.4. The molecule has 5 nitrogen and oxygen atoms in total. The average molecular weight is 211 g/mol. The van der Waals surface area contributed by atoms with Gasteiger partial charge in [0.15, 0.2) is 0 Å². The molecule has 2 N–H and O–H groups in total. The molecule has 1 heterocycles. The summed E-state index contributed by atoms with van der Waals surface area (Å²) in [6.07, 6.45) is 6.67. The topological polar surface area (TPSA) is 74.2 Å². The van der Waals surface area contributed by atoms with Gasteiger partial charge in [0, 0.05) is 7.11 Å². The van der Waals surface area contributed by atoms with Gasteiger partial charge in [-0.25, -0.2) is 0 Å². The van der Waals surface area contributed by atoms with Crippen molar-refractivity contribution in [2.24, 2.45) is 0 Å². The molecule has 0 radical (unpaired) electrons. The van der Waals surface area contributed by atoms with E-state index in [0.29, 0.717) is 5.82 Å². The Labute approximate surface area is 89.0 Å². The first kappa shape index (κ1) is 10.4. The number of methoxy groups -OCH3 is 1. The molecule has 0 aliphatic heterocycles. The standard InChI is InChI=1S/C10H17N3O2/c1-14-10(6-4-2-3-5-7-10)8-12-9(11)15-13-8/h2-7H2,1H3,(H2,11,12,13). The predicted octanol–water partition coefficient (Wildman–Crippen LogP) is 1.85. The van der Waals surface area contributed by atoms with Crippen LogP contribution in [0.5, 0.6) is 0 Å². The Morgan fingerprint density at radius 1 is 1.27 bits per heavy atom. The lowest BCUT2D eigenvalue weighted by Crippen LogP contribution is -2.29. The Morgan fingerprint density at radius 2 is 1.93 bits per heavy atom. The first-order valence-corrected chi connectivity index (χ1v) is 5.42. The second-order valence-electron chi connectivity index (χ2n) is 4.07. The zero-order chi connectivity index (χ0) is 10.7. The number of anilines is 1. The Hall–Kier alpha value is -1.10. The first-order chi connectivity index (χ1) is 7.27. The van der Waals surface area contributed by atoms with Crippen molar-refractivity contribution in [1.29, 1.82) is 0 Å². The van der Waals surface area contributed by atoms with Crippen LogP contribution in [0.25, 0.3) is 0 Å². The molecular formula is C10H17N3O2. The third-order valence-electron chi connectivity index (χ3n) is 3.15. The van der Waals surface area contributed by atoms with E-state index in [0.717, 1.165) is 25.7 Å². The van der Waals surface area contributed by atoms with Crippen LogP contribution in [-0.4, -0.2) is 17.3 Å². The molecule has 1 fully saturated rings. The molecule has 1 saturated carbocycles. The van der Waals surface area contributed by atoms with Crippen molar-refractivity contribution in [3.8, 4) is 0 Å². The van der Waals surface area contributed by atoms with Gasteiger partial charge in [-0.15, -0.1) is 0 Å². The number of nitrogens with two attached hydrogens (primary N) is 1. The average Bonchev–Trinajstić information content (AvgIpc) is 2.56. The van der Waals surface area contributed by atoms with Crippen molar-refractivity contribution >= 4 is 6.01 Å². The van der Waals surface area contributed by atoms with Gasteiger partial charge in [0.1, 0.15) is 5.60 Å². The minimum absolute atomic E-state index is 0.116. The van der Waals surface area contributed by atoms with E-state index in [2.05, 4.69) is 10.1 Å². The van der Waals surface area contributed by atoms with E-state index in [1.165, 1.54) is 12.8 Å². The molecule has 0 saturated heterocycles. The molecule has 1 aromatic rings. The molecule has 0 atom stereocenters. The molecule has 0 aromatic carbocycles. The fraction of sp³-hybridized carbons (Fsp3) is 0.800. The van der Waals surface area contributed by atoms with Crippen LogP contribution in [0.1, 0.15) is 44.3 Å². The van der Waals surface area contributed by atoms with Crippen molar-refractivity contribution in [1.82, 2.24) is 10.1 Å². The highest BCUT2D eigenvalue weighted by Gasteiger charge is 2.37. The largest absolute Gasteiger partial charge is 0.370 e. The van der Waals surface area contributed by atoms with Crippen molar-refractivity contribution in [3.05, 3.63) is 5.82 Å². The number of aromatic nitrogens is 2. The highest BCUT2D eigenvalue weighted by atomic mass is 16.5. The Bertz CT molecular complexity index is 316. The summed E-state index contributed by atoms with van der Waals surface area (Å²) >= 11 is 0.